The molecule has 7 nitrogen and oxygen atoms in total. The molecule has 1 atom stereocenters. The van der Waals surface area contributed by atoms with Gasteiger partial charge >= 0.3 is 17.9 Å². The van der Waals surface area contributed by atoms with E-state index in [4.69, 9.17) is 14.2 Å². The van der Waals surface area contributed by atoms with Crippen molar-refractivity contribution in [1.29, 1.82) is 0 Å². The molecule has 304 valence electrons. The number of carbonyl (C=O) groups excluding carboxylic acids is 3. The number of nitrogens with zero attached hydrogens (tertiary/aromatic N) is 1. The summed E-state index contributed by atoms with van der Waals surface area (Å²) >= 11 is 0. The Balaban J connectivity index is 4.21. The molecule has 0 saturated heterocycles. The van der Waals surface area contributed by atoms with E-state index in [0.717, 1.165) is 64.3 Å². The van der Waals surface area contributed by atoms with Crippen LogP contribution < -0.4 is 0 Å². The van der Waals surface area contributed by atoms with Crippen LogP contribution in [0, 0.1) is 0 Å². The Bertz CT molecular complexity index is 870. The molecule has 0 heterocycles. The van der Waals surface area contributed by atoms with E-state index in [-0.39, 0.29) is 31.1 Å². The van der Waals surface area contributed by atoms with Gasteiger partial charge in [0.15, 0.2) is 6.10 Å². The van der Waals surface area contributed by atoms with E-state index < -0.39 is 6.10 Å². The molecule has 1 unspecified atom stereocenters. The molecule has 0 saturated carbocycles. The molecule has 0 aromatic rings. The van der Waals surface area contributed by atoms with Gasteiger partial charge in [0.05, 0.1) is 0 Å². The summed E-state index contributed by atoms with van der Waals surface area (Å²) in [6, 6.07) is 0. The van der Waals surface area contributed by atoms with E-state index in [1.807, 2.05) is 19.0 Å². The zero-order valence-corrected chi connectivity index (χ0v) is 34.6. The molecule has 0 radical (unpaired) electrons. The third-order valence-electron chi connectivity index (χ3n) is 9.43. The first-order chi connectivity index (χ1) is 25.4. The highest BCUT2D eigenvalue weighted by Crippen LogP contribution is 2.13. The van der Waals surface area contributed by atoms with Crippen LogP contribution in [0.4, 0.5) is 0 Å². The van der Waals surface area contributed by atoms with Crippen molar-refractivity contribution >= 4 is 17.9 Å². The van der Waals surface area contributed by atoms with Gasteiger partial charge in [-0.15, -0.1) is 0 Å². The highest BCUT2D eigenvalue weighted by atomic mass is 16.6. The minimum absolute atomic E-state index is 0.0903. The molecule has 0 aliphatic carbocycles. The monoisotopic (exact) mass is 734 g/mol. The molecule has 0 amide bonds. The fourth-order valence-electron chi connectivity index (χ4n) is 6.10. The third-order valence-corrected chi connectivity index (χ3v) is 9.43. The Hall–Kier alpha value is -2.15. The SMILES string of the molecule is CCCCCCCCC=CCCCCCCCC(=O)OCC(COC(=O)CCCN(C)C)OC(=O)CCCCCCCC=CCCCCCCCC. The first-order valence-electron chi connectivity index (χ1n) is 21.8. The number of esters is 3. The molecule has 0 aromatic carbocycles. The minimum atomic E-state index is -0.786. The van der Waals surface area contributed by atoms with Crippen molar-refractivity contribution in [2.45, 2.75) is 213 Å². The van der Waals surface area contributed by atoms with Gasteiger partial charge in [-0.05, 0) is 91.3 Å². The average Bonchev–Trinajstić information content (AvgIpc) is 3.12. The number of ether oxygens (including phenoxy) is 3. The standard InChI is InChI=1S/C45H83NO6/c1-5-7-9-11-13-15-17-19-21-23-25-27-29-31-33-36-43(47)50-40-42(41-51-44(48)38-35-39-46(3)4)52-45(49)37-34-32-30-28-26-24-22-20-18-16-14-12-10-8-6-2/h19-22,42H,5-18,23-41H2,1-4H3. The number of unbranched alkanes of at least 4 members (excludes halogenated alkanes) is 22. The maximum Gasteiger partial charge on any atom is 0.306 e. The van der Waals surface area contributed by atoms with Crippen LogP contribution in [0.15, 0.2) is 24.3 Å². The second-order valence-corrected chi connectivity index (χ2v) is 15.1. The zero-order valence-electron chi connectivity index (χ0n) is 34.6. The Morgan fingerprint density at radius 2 is 0.769 bits per heavy atom. The quantitative estimate of drug-likeness (QED) is 0.0269. The smallest absolute Gasteiger partial charge is 0.306 e. The molecule has 0 spiro atoms. The van der Waals surface area contributed by atoms with E-state index in [0.29, 0.717) is 25.7 Å². The van der Waals surface area contributed by atoms with Crippen LogP contribution in [-0.4, -0.2) is 62.8 Å². The van der Waals surface area contributed by atoms with Crippen molar-refractivity contribution < 1.29 is 28.6 Å². The summed E-state index contributed by atoms with van der Waals surface area (Å²) in [5, 5.41) is 0. The minimum Gasteiger partial charge on any atom is -0.462 e. The average molecular weight is 734 g/mol. The molecule has 0 bridgehead atoms. The van der Waals surface area contributed by atoms with Crippen LogP contribution in [0.1, 0.15) is 206 Å². The van der Waals surface area contributed by atoms with Crippen LogP contribution in [0.25, 0.3) is 0 Å². The Kier molecular flexibility index (Phi) is 38.4. The molecular formula is C45H83NO6. The first kappa shape index (κ1) is 49.9. The Morgan fingerprint density at radius 3 is 1.15 bits per heavy atom. The lowest BCUT2D eigenvalue weighted by Gasteiger charge is -2.18. The molecule has 0 aliphatic rings. The van der Waals surface area contributed by atoms with Gasteiger partial charge in [0.2, 0.25) is 0 Å². The van der Waals surface area contributed by atoms with E-state index in [2.05, 4.69) is 38.2 Å². The second kappa shape index (κ2) is 40.0. The predicted octanol–water partition coefficient (Wildman–Crippen LogP) is 12.4. The number of rotatable bonds is 39. The number of carbonyl (C=O) groups is 3. The molecule has 0 aliphatic heterocycles. The van der Waals surface area contributed by atoms with Gasteiger partial charge in [-0.2, -0.15) is 0 Å². The summed E-state index contributed by atoms with van der Waals surface area (Å²) in [5.41, 5.74) is 0. The maximum atomic E-state index is 12.6. The summed E-state index contributed by atoms with van der Waals surface area (Å²) in [6.45, 7) is 5.12. The van der Waals surface area contributed by atoms with E-state index in [1.165, 1.54) is 109 Å². The summed E-state index contributed by atoms with van der Waals surface area (Å²) in [5.74, 6) is -0.965. The highest BCUT2D eigenvalue weighted by Gasteiger charge is 2.19. The van der Waals surface area contributed by atoms with Crippen LogP contribution in [0.5, 0.6) is 0 Å². The molecule has 0 rings (SSSR count). The van der Waals surface area contributed by atoms with Crippen molar-refractivity contribution in [3.05, 3.63) is 24.3 Å². The lowest BCUT2D eigenvalue weighted by Crippen LogP contribution is -2.31. The number of hydrogen-bond donors (Lipinski definition) is 0. The van der Waals surface area contributed by atoms with Crippen LogP contribution in [-0.2, 0) is 28.6 Å². The normalized spacial score (nSPS) is 12.2. The van der Waals surface area contributed by atoms with Crippen LogP contribution in [0.2, 0.25) is 0 Å². The van der Waals surface area contributed by atoms with E-state index >= 15 is 0 Å². The molecule has 0 aromatic heterocycles. The van der Waals surface area contributed by atoms with Crippen molar-refractivity contribution in [1.82, 2.24) is 4.90 Å². The molecule has 0 N–H and O–H groups in total. The summed E-state index contributed by atoms with van der Waals surface area (Å²) in [6.07, 6.45) is 41.4. The van der Waals surface area contributed by atoms with Gasteiger partial charge in [0, 0.05) is 19.3 Å². The van der Waals surface area contributed by atoms with Gasteiger partial charge in [0.1, 0.15) is 13.2 Å². The van der Waals surface area contributed by atoms with Crippen molar-refractivity contribution in [3.63, 3.8) is 0 Å². The van der Waals surface area contributed by atoms with Gasteiger partial charge in [0.25, 0.3) is 0 Å². The van der Waals surface area contributed by atoms with E-state index in [1.54, 1.807) is 0 Å². The van der Waals surface area contributed by atoms with Crippen molar-refractivity contribution in [2.75, 3.05) is 33.9 Å². The fourth-order valence-corrected chi connectivity index (χ4v) is 6.10. The van der Waals surface area contributed by atoms with E-state index in [9.17, 15) is 14.4 Å². The van der Waals surface area contributed by atoms with Crippen LogP contribution >= 0.6 is 0 Å². The topological polar surface area (TPSA) is 82.1 Å². The predicted molar refractivity (Wildman–Crippen MR) is 218 cm³/mol. The second-order valence-electron chi connectivity index (χ2n) is 15.1. The van der Waals surface area contributed by atoms with Crippen LogP contribution in [0.3, 0.4) is 0 Å². The fraction of sp³-hybridized carbons (Fsp3) is 0.844. The van der Waals surface area contributed by atoms with Gasteiger partial charge in [-0.25, -0.2) is 0 Å². The third kappa shape index (κ3) is 39.1. The van der Waals surface area contributed by atoms with Gasteiger partial charge < -0.3 is 19.1 Å². The number of allylic oxidation sites excluding steroid dienone is 4. The largest absolute Gasteiger partial charge is 0.462 e. The molecule has 0 fully saturated rings. The Labute approximate surface area is 321 Å². The van der Waals surface area contributed by atoms with Crippen molar-refractivity contribution in [3.8, 4) is 0 Å². The maximum absolute atomic E-state index is 12.6. The summed E-state index contributed by atoms with van der Waals surface area (Å²) in [7, 11) is 3.92. The molecule has 7 heteroatoms. The summed E-state index contributed by atoms with van der Waals surface area (Å²) < 4.78 is 16.5. The molecular weight excluding hydrogens is 650 g/mol. The first-order valence-corrected chi connectivity index (χ1v) is 21.8. The highest BCUT2D eigenvalue weighted by molar-refractivity contribution is 5.71. The summed E-state index contributed by atoms with van der Waals surface area (Å²) in [4.78, 5) is 39.4. The van der Waals surface area contributed by atoms with Gasteiger partial charge in [-0.1, -0.05) is 141 Å². The lowest BCUT2D eigenvalue weighted by atomic mass is 10.1. The lowest BCUT2D eigenvalue weighted by molar-refractivity contribution is -0.167. The van der Waals surface area contributed by atoms with Gasteiger partial charge in [-0.3, -0.25) is 14.4 Å². The zero-order chi connectivity index (χ0) is 38.2. The van der Waals surface area contributed by atoms with Crippen molar-refractivity contribution in [2.24, 2.45) is 0 Å². The Morgan fingerprint density at radius 1 is 0.442 bits per heavy atom. The number of hydrogen-bond acceptors (Lipinski definition) is 7. The molecule has 52 heavy (non-hydrogen) atoms.